The molecule has 6 rings (SSSR count). The van der Waals surface area contributed by atoms with Gasteiger partial charge in [0.2, 0.25) is 5.88 Å². The summed E-state index contributed by atoms with van der Waals surface area (Å²) in [5.74, 6) is 0.436. The molecule has 0 unspecified atom stereocenters. The van der Waals surface area contributed by atoms with Crippen LogP contribution in [0, 0.1) is 6.92 Å². The second-order valence-electron chi connectivity index (χ2n) is 9.30. The highest BCUT2D eigenvalue weighted by Gasteiger charge is 2.32. The first kappa shape index (κ1) is 22.1. The van der Waals surface area contributed by atoms with Crippen LogP contribution in [-0.2, 0) is 19.1 Å². The Balaban J connectivity index is 1.46. The van der Waals surface area contributed by atoms with Crippen LogP contribution >= 0.6 is 0 Å². The first-order valence-corrected chi connectivity index (χ1v) is 12.1. The van der Waals surface area contributed by atoms with Gasteiger partial charge in [0.15, 0.2) is 6.61 Å². The van der Waals surface area contributed by atoms with E-state index in [1.54, 1.807) is 17.4 Å². The zero-order chi connectivity index (χ0) is 22.8. The largest absolute Gasteiger partial charge is 0.496 e. The van der Waals surface area contributed by atoms with Crippen LogP contribution in [-0.4, -0.2) is 59.4 Å². The second kappa shape index (κ2) is 9.63. The number of aliphatic imine (C=N–C) groups is 1. The molecule has 1 atom stereocenters. The molecular weight excluding hydrogens is 422 g/mol. The van der Waals surface area contributed by atoms with E-state index in [4.69, 9.17) is 14.2 Å². The Labute approximate surface area is 194 Å². The zero-order valence-corrected chi connectivity index (χ0v) is 19.1. The van der Waals surface area contributed by atoms with Gasteiger partial charge in [-0.3, -0.25) is 9.59 Å². The molecule has 8 heteroatoms. The molecule has 5 aliphatic rings. The number of ether oxygens (including phenoxy) is 3. The molecule has 1 aliphatic carbocycles. The van der Waals surface area contributed by atoms with Crippen LogP contribution < -0.4 is 4.74 Å². The van der Waals surface area contributed by atoms with Crippen LogP contribution in [0.2, 0.25) is 0 Å². The summed E-state index contributed by atoms with van der Waals surface area (Å²) >= 11 is 0. The monoisotopic (exact) mass is 453 g/mol. The maximum Gasteiger partial charge on any atom is 0.275 e. The number of fused-ring (bicyclic) bond motifs is 5. The fourth-order valence-corrected chi connectivity index (χ4v) is 5.30. The van der Waals surface area contributed by atoms with E-state index >= 15 is 0 Å². The van der Waals surface area contributed by atoms with E-state index in [2.05, 4.69) is 16.9 Å². The summed E-state index contributed by atoms with van der Waals surface area (Å²) in [4.78, 5) is 36.4. The lowest BCUT2D eigenvalue weighted by Gasteiger charge is -2.31. The molecule has 2 saturated heterocycles. The minimum absolute atomic E-state index is 0.0739. The number of carbonyl (C=O) groups excluding carboxylic acids is 2. The molecule has 0 aromatic carbocycles. The van der Waals surface area contributed by atoms with Crippen molar-refractivity contribution in [3.05, 3.63) is 35.3 Å². The van der Waals surface area contributed by atoms with Crippen molar-refractivity contribution in [3.63, 3.8) is 0 Å². The van der Waals surface area contributed by atoms with Crippen molar-refractivity contribution in [1.82, 2.24) is 9.88 Å². The standard InChI is InChI=1S/C25H31N3O5/c1-16-10-11-26-25-23(16)17-6-8-18(9-7-17)32-14-20-19(27-24(30)21-5-3-13-31-21)4-2-12-28(20)22(29)15-33-25/h10-11,14,17-18,21H,2-9,12-13,15H2,1H3/b20-14-,27-19?/t17?,18?,21-/m0/s1. The van der Waals surface area contributed by atoms with E-state index in [0.717, 1.165) is 49.7 Å². The topological polar surface area (TPSA) is 90.3 Å². The van der Waals surface area contributed by atoms with E-state index in [9.17, 15) is 9.59 Å². The predicted octanol–water partition coefficient (Wildman–Crippen LogP) is 3.44. The summed E-state index contributed by atoms with van der Waals surface area (Å²) < 4.78 is 17.7. The lowest BCUT2D eigenvalue weighted by molar-refractivity contribution is -0.131. The van der Waals surface area contributed by atoms with Gasteiger partial charge in [-0.05, 0) is 75.8 Å². The molecule has 0 spiro atoms. The Morgan fingerprint density at radius 2 is 2.03 bits per heavy atom. The molecule has 1 aromatic heterocycles. The third kappa shape index (κ3) is 4.67. The minimum Gasteiger partial charge on any atom is -0.496 e. The summed E-state index contributed by atoms with van der Waals surface area (Å²) in [6, 6.07) is 2.00. The van der Waals surface area contributed by atoms with Crippen molar-refractivity contribution < 1.29 is 23.8 Å². The zero-order valence-electron chi connectivity index (χ0n) is 19.1. The fraction of sp³-hybridized carbons (Fsp3) is 0.600. The van der Waals surface area contributed by atoms with Crippen LogP contribution in [0.5, 0.6) is 5.88 Å². The van der Waals surface area contributed by atoms with Gasteiger partial charge in [-0.25, -0.2) is 9.98 Å². The number of hydrogen-bond donors (Lipinski definition) is 0. The second-order valence-corrected chi connectivity index (χ2v) is 9.30. The fourth-order valence-electron chi connectivity index (χ4n) is 5.30. The maximum atomic E-state index is 13.2. The molecule has 4 aliphatic heterocycles. The van der Waals surface area contributed by atoms with Crippen molar-refractivity contribution in [2.45, 2.75) is 76.4 Å². The van der Waals surface area contributed by atoms with Gasteiger partial charge in [0.05, 0.1) is 11.8 Å². The maximum absolute atomic E-state index is 13.2. The number of nitrogens with zero attached hydrogens (tertiary/aromatic N) is 3. The number of pyridine rings is 1. The molecule has 5 heterocycles. The average Bonchev–Trinajstić information content (AvgIpc) is 3.37. The third-order valence-corrected chi connectivity index (χ3v) is 7.09. The molecule has 33 heavy (non-hydrogen) atoms. The highest BCUT2D eigenvalue weighted by atomic mass is 16.5. The summed E-state index contributed by atoms with van der Waals surface area (Å²) in [5, 5.41) is 0. The molecule has 176 valence electrons. The molecule has 3 fully saturated rings. The van der Waals surface area contributed by atoms with Crippen LogP contribution in [0.3, 0.4) is 0 Å². The van der Waals surface area contributed by atoms with Gasteiger partial charge in [-0.1, -0.05) is 0 Å². The first-order chi connectivity index (χ1) is 16.1. The van der Waals surface area contributed by atoms with Gasteiger partial charge in [0.25, 0.3) is 11.8 Å². The molecule has 2 bridgehead atoms. The van der Waals surface area contributed by atoms with E-state index < -0.39 is 6.10 Å². The highest BCUT2D eigenvalue weighted by Crippen LogP contribution is 2.39. The first-order valence-electron chi connectivity index (χ1n) is 12.1. The van der Waals surface area contributed by atoms with Gasteiger partial charge in [-0.2, -0.15) is 0 Å². The summed E-state index contributed by atoms with van der Waals surface area (Å²) in [6.45, 7) is 3.08. The Bertz CT molecular complexity index is 974. The molecule has 0 N–H and O–H groups in total. The number of carbonyl (C=O) groups is 2. The summed E-state index contributed by atoms with van der Waals surface area (Å²) in [6.07, 6.45) is 9.67. The SMILES string of the molecule is Cc1ccnc2c1C1CCC(CC1)O/C=C1/C(=NC(=O)[C@@H]3CCCO3)CCCN1C(=O)CO2. The lowest BCUT2D eigenvalue weighted by Crippen LogP contribution is -2.41. The van der Waals surface area contributed by atoms with E-state index in [0.29, 0.717) is 49.2 Å². The van der Waals surface area contributed by atoms with Crippen molar-refractivity contribution in [1.29, 1.82) is 0 Å². The molecular formula is C25H31N3O5. The molecule has 1 aromatic rings. The minimum atomic E-state index is -0.482. The molecule has 0 radical (unpaired) electrons. The van der Waals surface area contributed by atoms with Gasteiger partial charge in [0.1, 0.15) is 18.1 Å². The number of rotatable bonds is 1. The molecule has 1 saturated carbocycles. The highest BCUT2D eigenvalue weighted by molar-refractivity contribution is 6.09. The van der Waals surface area contributed by atoms with Crippen molar-refractivity contribution in [3.8, 4) is 5.88 Å². The smallest absolute Gasteiger partial charge is 0.275 e. The summed E-state index contributed by atoms with van der Waals surface area (Å²) in [7, 11) is 0. The predicted molar refractivity (Wildman–Crippen MR) is 121 cm³/mol. The Hall–Kier alpha value is -2.74. The van der Waals surface area contributed by atoms with E-state index in [1.165, 1.54) is 0 Å². The van der Waals surface area contributed by atoms with Crippen LogP contribution in [0.25, 0.3) is 0 Å². The number of piperidine rings is 1. The van der Waals surface area contributed by atoms with Crippen molar-refractivity contribution in [2.75, 3.05) is 19.8 Å². The molecule has 2 amide bonds. The number of aryl methyl sites for hydroxylation is 1. The summed E-state index contributed by atoms with van der Waals surface area (Å²) in [5.41, 5.74) is 3.41. The average molecular weight is 454 g/mol. The Kier molecular flexibility index (Phi) is 6.44. The van der Waals surface area contributed by atoms with Gasteiger partial charge in [-0.15, -0.1) is 0 Å². The number of allylic oxidation sites excluding steroid dienone is 1. The van der Waals surface area contributed by atoms with Crippen LogP contribution in [0.4, 0.5) is 0 Å². The third-order valence-electron chi connectivity index (χ3n) is 7.09. The quantitative estimate of drug-likeness (QED) is 0.647. The van der Waals surface area contributed by atoms with Crippen molar-refractivity contribution >= 4 is 17.5 Å². The number of amides is 2. The Morgan fingerprint density at radius 3 is 2.82 bits per heavy atom. The number of aromatic nitrogens is 1. The van der Waals surface area contributed by atoms with Gasteiger partial charge in [0, 0.05) is 24.9 Å². The molecule has 8 nitrogen and oxygen atoms in total. The lowest BCUT2D eigenvalue weighted by atomic mass is 9.81. The number of hydrogen-bond acceptors (Lipinski definition) is 6. The van der Waals surface area contributed by atoms with E-state index in [-0.39, 0.29) is 24.5 Å². The van der Waals surface area contributed by atoms with Crippen LogP contribution in [0.1, 0.15) is 68.4 Å². The van der Waals surface area contributed by atoms with Gasteiger partial charge < -0.3 is 19.1 Å². The van der Waals surface area contributed by atoms with Crippen LogP contribution in [0.15, 0.2) is 29.2 Å². The Morgan fingerprint density at radius 1 is 1.18 bits per heavy atom. The van der Waals surface area contributed by atoms with Crippen molar-refractivity contribution in [2.24, 2.45) is 4.99 Å². The van der Waals surface area contributed by atoms with Gasteiger partial charge >= 0.3 is 0 Å². The van der Waals surface area contributed by atoms with E-state index in [1.807, 2.05) is 6.07 Å². The normalized spacial score (nSPS) is 30.6.